The van der Waals surface area contributed by atoms with Crippen molar-refractivity contribution in [1.29, 1.82) is 0 Å². The summed E-state index contributed by atoms with van der Waals surface area (Å²) in [6.07, 6.45) is 7.72. The van der Waals surface area contributed by atoms with Crippen molar-refractivity contribution in [2.24, 2.45) is 0 Å². The molecule has 0 aliphatic carbocycles. The minimum absolute atomic E-state index is 0.114. The average molecular weight is 744 g/mol. The number of halogens is 3. The molecule has 0 spiro atoms. The summed E-state index contributed by atoms with van der Waals surface area (Å²) < 4.78 is 45.1. The first-order valence-electron chi connectivity index (χ1n) is 14.5. The SMILES string of the molecule is C=CCCC(c1cccc(CCC(=O)OCC)c1)n1ccc(-c2cc(Oc3c(F)cc4c(ccn4SI)c3CO)ccc2F)n1. The molecule has 5 aromatic rings. The van der Waals surface area contributed by atoms with E-state index in [4.69, 9.17) is 14.6 Å². The molecule has 3 aromatic carbocycles. The number of ether oxygens (including phenoxy) is 2. The van der Waals surface area contributed by atoms with Crippen LogP contribution < -0.4 is 4.74 Å². The van der Waals surface area contributed by atoms with Gasteiger partial charge in [-0.1, -0.05) is 30.3 Å². The molecule has 1 atom stereocenters. The van der Waals surface area contributed by atoms with Crippen LogP contribution in [0.2, 0.25) is 0 Å². The molecule has 2 heterocycles. The number of hydrogen-bond acceptors (Lipinski definition) is 6. The monoisotopic (exact) mass is 743 g/mol. The molecule has 1 N–H and O–H groups in total. The molecular formula is C34H32F2IN3O4S. The van der Waals surface area contributed by atoms with Crippen LogP contribution in [0.15, 0.2) is 85.7 Å². The Bertz CT molecular complexity index is 1820. The van der Waals surface area contributed by atoms with Crippen LogP contribution in [-0.4, -0.2) is 31.4 Å². The van der Waals surface area contributed by atoms with Gasteiger partial charge in [0.25, 0.3) is 0 Å². The second-order valence-corrected chi connectivity index (χ2v) is 12.0. The number of allylic oxidation sites excluding steroid dienone is 1. The number of nitrogens with zero attached hydrogens (tertiary/aromatic N) is 3. The minimum atomic E-state index is -0.637. The van der Waals surface area contributed by atoms with Crippen molar-refractivity contribution < 1.29 is 28.2 Å². The maximum absolute atomic E-state index is 15.3. The highest BCUT2D eigenvalue weighted by atomic mass is 127. The maximum Gasteiger partial charge on any atom is 0.306 e. The standard InChI is InChI=1S/C34H32F2IN3O4S/c1-3-5-9-31(23-8-6-7-22(18-23)10-13-33(42)43-4-2)39-16-15-30(38-39)26-19-24(11-12-28(26)35)44-34-27(21-41)25-14-17-40(45-37)32(25)20-29(34)36/h3,6-8,11-12,14-20,31,41H,1,4-5,9-10,13,21H2,2H3. The van der Waals surface area contributed by atoms with E-state index in [9.17, 15) is 9.90 Å². The van der Waals surface area contributed by atoms with Crippen molar-refractivity contribution in [1.82, 2.24) is 13.8 Å². The van der Waals surface area contributed by atoms with Gasteiger partial charge in [-0.2, -0.15) is 5.10 Å². The largest absolute Gasteiger partial charge is 0.466 e. The zero-order chi connectivity index (χ0) is 31.9. The number of aromatic nitrogens is 3. The topological polar surface area (TPSA) is 78.5 Å². The first-order chi connectivity index (χ1) is 21.9. The molecule has 234 valence electrons. The molecule has 0 radical (unpaired) electrons. The third-order valence-electron chi connectivity index (χ3n) is 7.47. The highest BCUT2D eigenvalue weighted by molar-refractivity contribution is 14.2. The van der Waals surface area contributed by atoms with Gasteiger partial charge in [-0.3, -0.25) is 13.4 Å². The van der Waals surface area contributed by atoms with E-state index in [0.717, 1.165) is 17.5 Å². The lowest BCUT2D eigenvalue weighted by Crippen LogP contribution is -2.12. The van der Waals surface area contributed by atoms with E-state index in [-0.39, 0.29) is 29.1 Å². The molecule has 0 saturated heterocycles. The van der Waals surface area contributed by atoms with E-state index in [1.54, 1.807) is 40.1 Å². The Morgan fingerprint density at radius 1 is 1.13 bits per heavy atom. The van der Waals surface area contributed by atoms with Crippen LogP contribution >= 0.6 is 30.3 Å². The number of rotatable bonds is 14. The van der Waals surface area contributed by atoms with Crippen LogP contribution in [0.5, 0.6) is 11.5 Å². The fourth-order valence-electron chi connectivity index (χ4n) is 5.30. The number of hydrogen-bond donors (Lipinski definition) is 1. The number of aryl methyl sites for hydroxylation is 1. The Hall–Kier alpha value is -3.68. The van der Waals surface area contributed by atoms with Gasteiger partial charge in [0, 0.05) is 71.7 Å². The third-order valence-corrected chi connectivity index (χ3v) is 9.21. The molecule has 0 fully saturated rings. The van der Waals surface area contributed by atoms with Crippen LogP contribution in [-0.2, 0) is 22.6 Å². The van der Waals surface area contributed by atoms with Gasteiger partial charge in [0.1, 0.15) is 11.6 Å². The fourth-order valence-corrected chi connectivity index (χ4v) is 6.67. The summed E-state index contributed by atoms with van der Waals surface area (Å²) in [7, 11) is 1.38. The van der Waals surface area contributed by atoms with Gasteiger partial charge < -0.3 is 14.6 Å². The Morgan fingerprint density at radius 3 is 2.73 bits per heavy atom. The van der Waals surface area contributed by atoms with E-state index in [1.807, 2.05) is 24.3 Å². The summed E-state index contributed by atoms with van der Waals surface area (Å²) in [5.74, 6) is -1.29. The van der Waals surface area contributed by atoms with Crippen molar-refractivity contribution in [3.05, 3.63) is 114 Å². The average Bonchev–Trinajstić information content (AvgIpc) is 3.69. The van der Waals surface area contributed by atoms with Crippen molar-refractivity contribution in [3.63, 3.8) is 0 Å². The molecule has 0 aliphatic rings. The Kier molecular flexibility index (Phi) is 11.0. The summed E-state index contributed by atoms with van der Waals surface area (Å²) in [5.41, 5.74) is 3.50. The lowest BCUT2D eigenvalue weighted by molar-refractivity contribution is -0.143. The van der Waals surface area contributed by atoms with Gasteiger partial charge in [-0.15, -0.1) is 6.58 Å². The Morgan fingerprint density at radius 2 is 1.98 bits per heavy atom. The van der Waals surface area contributed by atoms with Crippen molar-refractivity contribution >= 4 is 47.2 Å². The smallest absolute Gasteiger partial charge is 0.306 e. The van der Waals surface area contributed by atoms with Crippen LogP contribution in [0.3, 0.4) is 0 Å². The zero-order valence-electron chi connectivity index (χ0n) is 24.6. The number of carbonyl (C=O) groups is 1. The number of carbonyl (C=O) groups excluding carboxylic acids is 1. The summed E-state index contributed by atoms with van der Waals surface area (Å²) >= 11 is 2.10. The molecule has 11 heteroatoms. The van der Waals surface area contributed by atoms with E-state index >= 15 is 8.78 Å². The number of fused-ring (bicyclic) bond motifs is 1. The molecule has 0 saturated carbocycles. The lowest BCUT2D eigenvalue weighted by Gasteiger charge is -2.19. The molecule has 5 rings (SSSR count). The molecule has 7 nitrogen and oxygen atoms in total. The maximum atomic E-state index is 15.3. The van der Waals surface area contributed by atoms with E-state index in [2.05, 4.69) is 33.9 Å². The first kappa shape index (κ1) is 32.7. The molecule has 45 heavy (non-hydrogen) atoms. The summed E-state index contributed by atoms with van der Waals surface area (Å²) in [6.45, 7) is 5.56. The normalized spacial score (nSPS) is 11.9. The number of aliphatic hydroxyl groups excluding tert-OH is 1. The highest BCUT2D eigenvalue weighted by Crippen LogP contribution is 2.38. The fraction of sp³-hybridized carbons (Fsp3) is 0.235. The third kappa shape index (κ3) is 7.42. The van der Waals surface area contributed by atoms with E-state index in [0.29, 0.717) is 48.0 Å². The lowest BCUT2D eigenvalue weighted by atomic mass is 9.98. The highest BCUT2D eigenvalue weighted by Gasteiger charge is 2.21. The van der Waals surface area contributed by atoms with Gasteiger partial charge >= 0.3 is 5.97 Å². The summed E-state index contributed by atoms with van der Waals surface area (Å²) in [6, 6.07) is 16.9. The predicted octanol–water partition coefficient (Wildman–Crippen LogP) is 8.97. The molecule has 1 unspecified atom stereocenters. The second-order valence-electron chi connectivity index (χ2n) is 10.3. The molecule has 0 aliphatic heterocycles. The molecule has 2 aromatic heterocycles. The summed E-state index contributed by atoms with van der Waals surface area (Å²) in [4.78, 5) is 11.9. The van der Waals surface area contributed by atoms with Crippen LogP contribution in [0.25, 0.3) is 22.2 Å². The molecular weight excluding hydrogens is 711 g/mol. The van der Waals surface area contributed by atoms with Crippen molar-refractivity contribution in [3.8, 4) is 22.8 Å². The van der Waals surface area contributed by atoms with E-state index in [1.165, 1.54) is 33.4 Å². The van der Waals surface area contributed by atoms with Crippen LogP contribution in [0.4, 0.5) is 8.78 Å². The van der Waals surface area contributed by atoms with E-state index < -0.39 is 18.2 Å². The second kappa shape index (κ2) is 15.1. The zero-order valence-corrected chi connectivity index (χ0v) is 27.6. The van der Waals surface area contributed by atoms with Gasteiger partial charge in [-0.25, -0.2) is 8.78 Å². The van der Waals surface area contributed by atoms with Gasteiger partial charge in [-0.05, 0) is 67.6 Å². The minimum Gasteiger partial charge on any atom is -0.466 e. The predicted molar refractivity (Wildman–Crippen MR) is 181 cm³/mol. The first-order valence-corrected chi connectivity index (χ1v) is 17.8. The Balaban J connectivity index is 1.43. The number of benzene rings is 3. The van der Waals surface area contributed by atoms with Gasteiger partial charge in [0.15, 0.2) is 11.6 Å². The molecule has 0 amide bonds. The number of aliphatic hydroxyl groups is 1. The Labute approximate surface area is 276 Å². The van der Waals surface area contributed by atoms with Crippen molar-refractivity contribution in [2.75, 3.05) is 6.61 Å². The molecule has 0 bridgehead atoms. The van der Waals surface area contributed by atoms with Crippen LogP contribution in [0, 0.1) is 11.6 Å². The number of esters is 1. The van der Waals surface area contributed by atoms with Crippen LogP contribution in [0.1, 0.15) is 48.9 Å². The summed E-state index contributed by atoms with van der Waals surface area (Å²) in [5, 5.41) is 15.5. The van der Waals surface area contributed by atoms with Crippen molar-refractivity contribution in [2.45, 2.75) is 45.3 Å². The quantitative estimate of drug-likeness (QED) is 0.0696. The van der Waals surface area contributed by atoms with Gasteiger partial charge in [0.2, 0.25) is 0 Å². The van der Waals surface area contributed by atoms with Gasteiger partial charge in [0.05, 0.1) is 30.5 Å².